The van der Waals surface area contributed by atoms with Gasteiger partial charge in [0.2, 0.25) is 5.91 Å². The van der Waals surface area contributed by atoms with Gasteiger partial charge < -0.3 is 10.1 Å². The smallest absolute Gasteiger partial charge is 0.217 e. The fraction of sp³-hybridized carbons (Fsp3) is 0.929. The summed E-state index contributed by atoms with van der Waals surface area (Å²) in [6.45, 7) is 2.53. The van der Waals surface area contributed by atoms with Gasteiger partial charge in [-0.2, -0.15) is 0 Å². The molecule has 4 rings (SSSR count). The molecule has 0 aromatic carbocycles. The van der Waals surface area contributed by atoms with Crippen molar-refractivity contribution in [2.24, 2.45) is 17.3 Å². The normalized spacial score (nSPS) is 47.2. The number of ether oxygens (including phenoxy) is 1. The molecule has 0 saturated heterocycles. The lowest BCUT2D eigenvalue weighted by Crippen LogP contribution is -2.63. The highest BCUT2D eigenvalue weighted by Gasteiger charge is 2.57. The summed E-state index contributed by atoms with van der Waals surface area (Å²) >= 11 is 0. The predicted molar refractivity (Wildman–Crippen MR) is 65.5 cm³/mol. The predicted octanol–water partition coefficient (Wildman–Crippen LogP) is 2.11. The molecular weight excluding hydrogens is 214 g/mol. The zero-order valence-electron chi connectivity index (χ0n) is 10.9. The van der Waals surface area contributed by atoms with Crippen LogP contribution in [0.3, 0.4) is 0 Å². The Morgan fingerprint density at radius 2 is 1.94 bits per heavy atom. The van der Waals surface area contributed by atoms with Crippen molar-refractivity contribution in [2.75, 3.05) is 13.7 Å². The van der Waals surface area contributed by atoms with Crippen LogP contribution in [0.15, 0.2) is 0 Å². The first-order valence-corrected chi connectivity index (χ1v) is 6.83. The van der Waals surface area contributed by atoms with E-state index in [0.29, 0.717) is 5.41 Å². The van der Waals surface area contributed by atoms with Crippen LogP contribution in [0.4, 0.5) is 0 Å². The Kier molecular flexibility index (Phi) is 2.51. The van der Waals surface area contributed by atoms with Crippen LogP contribution in [0, 0.1) is 17.3 Å². The second-order valence-electron chi connectivity index (χ2n) is 6.86. The van der Waals surface area contributed by atoms with E-state index in [2.05, 4.69) is 5.32 Å². The zero-order chi connectivity index (χ0) is 12.1. The van der Waals surface area contributed by atoms with E-state index in [1.807, 2.05) is 7.11 Å². The van der Waals surface area contributed by atoms with E-state index in [4.69, 9.17) is 4.74 Å². The lowest BCUT2D eigenvalue weighted by molar-refractivity contribution is -0.134. The van der Waals surface area contributed by atoms with Crippen LogP contribution in [0.1, 0.15) is 45.4 Å². The molecule has 4 aliphatic carbocycles. The van der Waals surface area contributed by atoms with Crippen LogP contribution < -0.4 is 5.32 Å². The summed E-state index contributed by atoms with van der Waals surface area (Å²) in [5, 5.41) is 3.28. The lowest BCUT2D eigenvalue weighted by Gasteiger charge is -2.62. The van der Waals surface area contributed by atoms with Crippen LogP contribution in [0.5, 0.6) is 0 Å². The summed E-state index contributed by atoms with van der Waals surface area (Å²) in [6.07, 6.45) is 7.56. The van der Waals surface area contributed by atoms with Crippen molar-refractivity contribution in [1.29, 1.82) is 0 Å². The molecule has 1 amide bonds. The van der Waals surface area contributed by atoms with E-state index < -0.39 is 0 Å². The van der Waals surface area contributed by atoms with Gasteiger partial charge in [-0.1, -0.05) is 0 Å². The molecule has 17 heavy (non-hydrogen) atoms. The molecule has 3 nitrogen and oxygen atoms in total. The number of carbonyl (C=O) groups is 1. The van der Waals surface area contributed by atoms with Crippen LogP contribution in [-0.2, 0) is 9.53 Å². The van der Waals surface area contributed by atoms with E-state index in [0.717, 1.165) is 24.9 Å². The Bertz CT molecular complexity index is 325. The third kappa shape index (κ3) is 1.88. The first-order valence-electron chi connectivity index (χ1n) is 6.83. The van der Waals surface area contributed by atoms with Gasteiger partial charge in [0.25, 0.3) is 0 Å². The van der Waals surface area contributed by atoms with Crippen LogP contribution in [0.25, 0.3) is 0 Å². The summed E-state index contributed by atoms with van der Waals surface area (Å²) in [7, 11) is 1.81. The maximum Gasteiger partial charge on any atom is 0.217 e. The molecule has 0 aromatic heterocycles. The van der Waals surface area contributed by atoms with Crippen LogP contribution in [0.2, 0.25) is 0 Å². The highest BCUT2D eigenvalue weighted by atomic mass is 16.5. The van der Waals surface area contributed by atoms with Gasteiger partial charge in [-0.05, 0) is 55.8 Å². The standard InChI is InChI=1S/C14H23NO2/c1-10(16)15-14-6-11-3-12(7-14)5-13(4-11,8-14)9-17-2/h11-12H,3-9H2,1-2H3,(H,15,16)/t11-,12+,13?,14?. The zero-order valence-corrected chi connectivity index (χ0v) is 10.9. The number of amides is 1. The first-order chi connectivity index (χ1) is 8.05. The molecule has 0 heterocycles. The van der Waals surface area contributed by atoms with Crippen molar-refractivity contribution in [1.82, 2.24) is 5.32 Å². The molecule has 4 aliphatic rings. The highest BCUT2D eigenvalue weighted by Crippen LogP contribution is 2.61. The van der Waals surface area contributed by atoms with Gasteiger partial charge in [-0.15, -0.1) is 0 Å². The SMILES string of the molecule is COCC12C[C@H]3C[C@@H](C1)CC(NC(C)=O)(C3)C2. The molecule has 3 heteroatoms. The molecule has 1 N–H and O–H groups in total. The Morgan fingerprint density at radius 3 is 2.47 bits per heavy atom. The summed E-state index contributed by atoms with van der Waals surface area (Å²) in [5.74, 6) is 1.77. The van der Waals surface area contributed by atoms with Crippen LogP contribution >= 0.6 is 0 Å². The third-order valence-corrected chi connectivity index (χ3v) is 5.07. The van der Waals surface area contributed by atoms with Crippen molar-refractivity contribution in [3.63, 3.8) is 0 Å². The first kappa shape index (κ1) is 11.5. The summed E-state index contributed by atoms with van der Waals surface area (Å²) in [6, 6.07) is 0. The number of nitrogens with one attached hydrogen (secondary N) is 1. The average molecular weight is 237 g/mol. The molecule has 4 saturated carbocycles. The molecule has 0 spiro atoms. The fourth-order valence-electron chi connectivity index (χ4n) is 5.45. The number of rotatable bonds is 3. The van der Waals surface area contributed by atoms with Gasteiger partial charge >= 0.3 is 0 Å². The summed E-state index contributed by atoms with van der Waals surface area (Å²) in [5.41, 5.74) is 0.468. The third-order valence-electron chi connectivity index (χ3n) is 5.07. The van der Waals surface area contributed by atoms with Crippen LogP contribution in [-0.4, -0.2) is 25.2 Å². The van der Waals surface area contributed by atoms with Gasteiger partial charge in [0.05, 0.1) is 6.61 Å². The molecule has 4 fully saturated rings. The number of carbonyl (C=O) groups excluding carboxylic acids is 1. The quantitative estimate of drug-likeness (QED) is 0.816. The van der Waals surface area contributed by atoms with Crippen molar-refractivity contribution < 1.29 is 9.53 Å². The van der Waals surface area contributed by atoms with Gasteiger partial charge in [-0.25, -0.2) is 0 Å². The minimum Gasteiger partial charge on any atom is -0.384 e. The van der Waals surface area contributed by atoms with Crippen molar-refractivity contribution in [3.05, 3.63) is 0 Å². The van der Waals surface area contributed by atoms with E-state index in [1.165, 1.54) is 32.1 Å². The second-order valence-corrected chi connectivity index (χ2v) is 6.86. The van der Waals surface area contributed by atoms with E-state index >= 15 is 0 Å². The topological polar surface area (TPSA) is 38.3 Å². The second kappa shape index (κ2) is 3.71. The largest absolute Gasteiger partial charge is 0.384 e. The highest BCUT2D eigenvalue weighted by molar-refractivity contribution is 5.74. The molecule has 96 valence electrons. The van der Waals surface area contributed by atoms with E-state index in [9.17, 15) is 4.79 Å². The van der Waals surface area contributed by atoms with Gasteiger partial charge in [0.1, 0.15) is 0 Å². The van der Waals surface area contributed by atoms with Gasteiger partial charge in [0.15, 0.2) is 0 Å². The Hall–Kier alpha value is -0.570. The molecule has 0 radical (unpaired) electrons. The number of methoxy groups -OCH3 is 1. The molecule has 0 aliphatic heterocycles. The van der Waals surface area contributed by atoms with E-state index in [1.54, 1.807) is 6.92 Å². The summed E-state index contributed by atoms with van der Waals surface area (Å²) < 4.78 is 5.46. The molecule has 0 aromatic rings. The molecule has 4 atom stereocenters. The number of hydrogen-bond acceptors (Lipinski definition) is 2. The summed E-state index contributed by atoms with van der Waals surface area (Å²) in [4.78, 5) is 11.4. The number of hydrogen-bond donors (Lipinski definition) is 1. The average Bonchev–Trinajstić information content (AvgIpc) is 2.11. The Labute approximate surface area is 103 Å². The van der Waals surface area contributed by atoms with Gasteiger partial charge in [-0.3, -0.25) is 4.79 Å². The molecular formula is C14H23NO2. The molecule has 4 bridgehead atoms. The van der Waals surface area contributed by atoms with Crippen molar-refractivity contribution >= 4 is 5.91 Å². The lowest BCUT2D eigenvalue weighted by atomic mass is 9.47. The Balaban J connectivity index is 1.86. The maximum absolute atomic E-state index is 11.4. The molecule has 2 unspecified atom stereocenters. The van der Waals surface area contributed by atoms with E-state index in [-0.39, 0.29) is 11.4 Å². The minimum absolute atomic E-state index is 0.106. The van der Waals surface area contributed by atoms with Crippen molar-refractivity contribution in [3.8, 4) is 0 Å². The Morgan fingerprint density at radius 1 is 1.29 bits per heavy atom. The monoisotopic (exact) mass is 237 g/mol. The maximum atomic E-state index is 11.4. The van der Waals surface area contributed by atoms with Gasteiger partial charge in [0, 0.05) is 19.6 Å². The fourth-order valence-corrected chi connectivity index (χ4v) is 5.45. The minimum atomic E-state index is 0.106. The van der Waals surface area contributed by atoms with Crippen molar-refractivity contribution in [2.45, 2.75) is 51.0 Å².